The van der Waals surface area contributed by atoms with E-state index in [9.17, 15) is 4.79 Å². The molecule has 1 heterocycles. The van der Waals surface area contributed by atoms with E-state index in [4.69, 9.17) is 9.47 Å². The third-order valence-electron chi connectivity index (χ3n) is 4.06. The molecule has 2 aromatic carbocycles. The Bertz CT molecular complexity index is 913. The maximum Gasteiger partial charge on any atom is 0.255 e. The summed E-state index contributed by atoms with van der Waals surface area (Å²) in [6.45, 7) is 3.80. The molecule has 0 unspecified atom stereocenters. The number of carbonyl (C=O) groups is 1. The van der Waals surface area contributed by atoms with Crippen molar-refractivity contribution in [3.8, 4) is 17.2 Å². The fourth-order valence-corrected chi connectivity index (χ4v) is 2.68. The number of carbonyl (C=O) groups excluding carboxylic acids is 1. The topological polar surface area (TPSA) is 91.2 Å². The number of rotatable bonds is 5. The van der Waals surface area contributed by atoms with Gasteiger partial charge in [0, 0.05) is 16.8 Å². The van der Waals surface area contributed by atoms with Gasteiger partial charge < -0.3 is 14.8 Å². The van der Waals surface area contributed by atoms with E-state index in [1.165, 1.54) is 6.33 Å². The second-order valence-electron chi connectivity index (χ2n) is 5.72. The largest absolute Gasteiger partial charge is 0.496 e. The summed E-state index contributed by atoms with van der Waals surface area (Å²) in [5.74, 6) is 0.940. The highest BCUT2D eigenvalue weighted by atomic mass is 16.5. The molecule has 0 radical (unpaired) electrons. The van der Waals surface area contributed by atoms with E-state index < -0.39 is 0 Å². The Hall–Kier alpha value is -3.42. The van der Waals surface area contributed by atoms with Crippen LogP contribution < -0.4 is 14.8 Å². The van der Waals surface area contributed by atoms with Gasteiger partial charge in [0.2, 0.25) is 0 Å². The number of nitrogens with one attached hydrogen (secondary N) is 1. The minimum Gasteiger partial charge on any atom is -0.496 e. The van der Waals surface area contributed by atoms with E-state index in [-0.39, 0.29) is 5.91 Å². The van der Waals surface area contributed by atoms with E-state index in [0.29, 0.717) is 22.7 Å². The van der Waals surface area contributed by atoms with Crippen LogP contribution in [0, 0.1) is 13.8 Å². The number of amides is 1. The molecular weight excluding hydrogens is 334 g/mol. The van der Waals surface area contributed by atoms with Crippen LogP contribution in [-0.2, 0) is 0 Å². The molecule has 8 nitrogen and oxygen atoms in total. The van der Waals surface area contributed by atoms with Crippen LogP contribution in [0.2, 0.25) is 0 Å². The molecule has 1 N–H and O–H groups in total. The summed E-state index contributed by atoms with van der Waals surface area (Å²) in [5.41, 5.74) is 3.73. The van der Waals surface area contributed by atoms with Gasteiger partial charge >= 0.3 is 0 Å². The lowest BCUT2D eigenvalue weighted by Crippen LogP contribution is -2.13. The lowest BCUT2D eigenvalue weighted by Gasteiger charge is -2.13. The Kier molecular flexibility index (Phi) is 4.83. The molecule has 0 aliphatic rings. The zero-order valence-corrected chi connectivity index (χ0v) is 15.0. The first kappa shape index (κ1) is 17.4. The molecule has 0 bridgehead atoms. The molecule has 0 saturated heterocycles. The van der Waals surface area contributed by atoms with Gasteiger partial charge in [-0.2, -0.15) is 0 Å². The highest BCUT2D eigenvalue weighted by molar-refractivity contribution is 6.05. The summed E-state index contributed by atoms with van der Waals surface area (Å²) in [4.78, 5) is 12.6. The summed E-state index contributed by atoms with van der Waals surface area (Å²) in [5, 5.41) is 14.0. The number of hydrogen-bond donors (Lipinski definition) is 1. The molecule has 8 heteroatoms. The van der Waals surface area contributed by atoms with E-state index in [2.05, 4.69) is 20.8 Å². The van der Waals surface area contributed by atoms with Crippen LogP contribution in [0.15, 0.2) is 36.7 Å². The van der Waals surface area contributed by atoms with Gasteiger partial charge in [-0.05, 0) is 60.2 Å². The standard InChI is InChI=1S/C18H19N5O3/c1-11-7-14(5-6-15(11)23-10-19-21-22-23)20-18(24)13-8-16(25-3)12(2)17(9-13)26-4/h5-10H,1-4H3,(H,20,24). The van der Waals surface area contributed by atoms with Crippen LogP contribution in [0.1, 0.15) is 21.5 Å². The smallest absolute Gasteiger partial charge is 0.255 e. The third kappa shape index (κ3) is 3.34. The predicted octanol–water partition coefficient (Wildman–Crippen LogP) is 2.55. The number of benzene rings is 2. The molecule has 1 aromatic heterocycles. The molecular formula is C18H19N5O3. The summed E-state index contributed by atoms with van der Waals surface area (Å²) < 4.78 is 12.2. The highest BCUT2D eigenvalue weighted by Gasteiger charge is 2.14. The molecule has 3 rings (SSSR count). The molecule has 0 saturated carbocycles. The van der Waals surface area contributed by atoms with Gasteiger partial charge in [-0.15, -0.1) is 5.10 Å². The quantitative estimate of drug-likeness (QED) is 0.758. The van der Waals surface area contributed by atoms with Crippen molar-refractivity contribution in [1.29, 1.82) is 0 Å². The number of aryl methyl sites for hydroxylation is 1. The maximum atomic E-state index is 12.6. The van der Waals surface area contributed by atoms with Crippen molar-refractivity contribution < 1.29 is 14.3 Å². The predicted molar refractivity (Wildman–Crippen MR) is 96.1 cm³/mol. The van der Waals surface area contributed by atoms with Gasteiger partial charge in [-0.3, -0.25) is 4.79 Å². The van der Waals surface area contributed by atoms with Crippen LogP contribution in [0.5, 0.6) is 11.5 Å². The Morgan fingerprint density at radius 1 is 1.08 bits per heavy atom. The first-order valence-corrected chi connectivity index (χ1v) is 7.91. The van der Waals surface area contributed by atoms with Gasteiger partial charge in [-0.25, -0.2) is 4.68 Å². The van der Waals surface area contributed by atoms with Crippen LogP contribution in [0.3, 0.4) is 0 Å². The van der Waals surface area contributed by atoms with E-state index in [1.54, 1.807) is 37.1 Å². The number of anilines is 1. The average Bonchev–Trinajstić information content (AvgIpc) is 3.16. The summed E-state index contributed by atoms with van der Waals surface area (Å²) >= 11 is 0. The van der Waals surface area contributed by atoms with Crippen molar-refractivity contribution in [3.63, 3.8) is 0 Å². The van der Waals surface area contributed by atoms with Crippen LogP contribution >= 0.6 is 0 Å². The van der Waals surface area contributed by atoms with Crippen molar-refractivity contribution in [3.05, 3.63) is 53.3 Å². The van der Waals surface area contributed by atoms with Gasteiger partial charge in [0.05, 0.1) is 19.9 Å². The average molecular weight is 353 g/mol. The molecule has 0 aliphatic carbocycles. The van der Waals surface area contributed by atoms with Gasteiger partial charge in [0.1, 0.15) is 17.8 Å². The van der Waals surface area contributed by atoms with Crippen LogP contribution in [-0.4, -0.2) is 40.3 Å². The lowest BCUT2D eigenvalue weighted by molar-refractivity contribution is 0.102. The summed E-state index contributed by atoms with van der Waals surface area (Å²) in [7, 11) is 3.12. The Labute approximate surface area is 150 Å². The second kappa shape index (κ2) is 7.22. The summed E-state index contributed by atoms with van der Waals surface area (Å²) in [6, 6.07) is 8.88. The molecule has 3 aromatic rings. The van der Waals surface area contributed by atoms with Crippen molar-refractivity contribution in [2.24, 2.45) is 0 Å². The van der Waals surface area contributed by atoms with Crippen molar-refractivity contribution in [2.75, 3.05) is 19.5 Å². The maximum absolute atomic E-state index is 12.6. The Morgan fingerprint density at radius 3 is 2.31 bits per heavy atom. The van der Waals surface area contributed by atoms with Crippen LogP contribution in [0.4, 0.5) is 5.69 Å². The first-order valence-electron chi connectivity index (χ1n) is 7.91. The van der Waals surface area contributed by atoms with Crippen molar-refractivity contribution in [2.45, 2.75) is 13.8 Å². The van der Waals surface area contributed by atoms with Gasteiger partial charge in [0.25, 0.3) is 5.91 Å². The SMILES string of the molecule is COc1cc(C(=O)Nc2ccc(-n3cnnn3)c(C)c2)cc(OC)c1C. The zero-order valence-electron chi connectivity index (χ0n) is 15.0. The minimum atomic E-state index is -0.254. The van der Waals surface area contributed by atoms with Crippen molar-refractivity contribution in [1.82, 2.24) is 20.2 Å². The molecule has 0 aliphatic heterocycles. The van der Waals surface area contributed by atoms with E-state index in [0.717, 1.165) is 16.8 Å². The number of nitrogens with zero attached hydrogens (tertiary/aromatic N) is 4. The third-order valence-corrected chi connectivity index (χ3v) is 4.06. The van der Waals surface area contributed by atoms with Crippen LogP contribution in [0.25, 0.3) is 5.69 Å². The number of tetrazole rings is 1. The monoisotopic (exact) mass is 353 g/mol. The van der Waals surface area contributed by atoms with Crippen molar-refractivity contribution >= 4 is 11.6 Å². The highest BCUT2D eigenvalue weighted by Crippen LogP contribution is 2.30. The van der Waals surface area contributed by atoms with E-state index in [1.807, 2.05) is 26.0 Å². The molecule has 0 spiro atoms. The first-order chi connectivity index (χ1) is 12.5. The van der Waals surface area contributed by atoms with Gasteiger partial charge in [0.15, 0.2) is 0 Å². The molecule has 0 atom stereocenters. The molecule has 1 amide bonds. The summed E-state index contributed by atoms with van der Waals surface area (Å²) in [6.07, 6.45) is 1.52. The number of methoxy groups -OCH3 is 2. The number of hydrogen-bond acceptors (Lipinski definition) is 6. The fourth-order valence-electron chi connectivity index (χ4n) is 2.68. The molecule has 0 fully saturated rings. The molecule has 134 valence electrons. The normalized spacial score (nSPS) is 10.5. The number of ether oxygens (including phenoxy) is 2. The number of aromatic nitrogens is 4. The Balaban J connectivity index is 1.85. The van der Waals surface area contributed by atoms with E-state index >= 15 is 0 Å². The molecule has 26 heavy (non-hydrogen) atoms. The lowest BCUT2D eigenvalue weighted by atomic mass is 10.1. The fraction of sp³-hybridized carbons (Fsp3) is 0.222. The minimum absolute atomic E-state index is 0.254. The zero-order chi connectivity index (χ0) is 18.7. The Morgan fingerprint density at radius 2 is 1.77 bits per heavy atom. The van der Waals surface area contributed by atoms with Gasteiger partial charge in [-0.1, -0.05) is 0 Å². The second-order valence-corrected chi connectivity index (χ2v) is 5.72.